The van der Waals surface area contributed by atoms with E-state index in [1.807, 2.05) is 13.8 Å². The number of carbonyl (C=O) groups excluding carboxylic acids is 5. The van der Waals surface area contributed by atoms with Gasteiger partial charge in [0, 0.05) is 31.5 Å². The zero-order valence-electron chi connectivity index (χ0n) is 26.3. The highest BCUT2D eigenvalue weighted by atomic mass is 32.1. The molecule has 0 aromatic carbocycles. The highest BCUT2D eigenvalue weighted by Gasteiger charge is 2.32. The van der Waals surface area contributed by atoms with Gasteiger partial charge in [-0.15, -0.1) is 11.3 Å². The SMILES string of the molecule is CC(=O)N[C@@H](CCCCN)C(=O)N[C@@H](CCC(N)=O)C(=O)N[C@@H](CC(C)C)C(O)N[C@@H](CCCN=C(N)N)C(=O)c1nccs1. The molecule has 5 atom stereocenters. The monoisotopic (exact) mass is 654 g/mol. The van der Waals surface area contributed by atoms with Gasteiger partial charge in [0.15, 0.2) is 11.0 Å². The van der Waals surface area contributed by atoms with Crippen molar-refractivity contribution in [1.29, 1.82) is 0 Å². The lowest BCUT2D eigenvalue weighted by Crippen LogP contribution is -2.59. The van der Waals surface area contributed by atoms with Gasteiger partial charge in [-0.1, -0.05) is 13.8 Å². The van der Waals surface area contributed by atoms with Crippen molar-refractivity contribution in [3.05, 3.63) is 16.6 Å². The van der Waals surface area contributed by atoms with Crippen molar-refractivity contribution in [3.8, 4) is 0 Å². The average Bonchev–Trinajstić information content (AvgIpc) is 3.50. The Morgan fingerprint density at radius 3 is 2.13 bits per heavy atom. The summed E-state index contributed by atoms with van der Waals surface area (Å²) in [6.07, 6.45) is 2.28. The number of nitrogens with one attached hydrogen (secondary N) is 4. The Morgan fingerprint density at radius 1 is 0.933 bits per heavy atom. The summed E-state index contributed by atoms with van der Waals surface area (Å²) in [5, 5.41) is 24.1. The number of aromatic nitrogens is 1. The lowest BCUT2D eigenvalue weighted by atomic mass is 9.99. The van der Waals surface area contributed by atoms with Crippen LogP contribution in [0.1, 0.15) is 81.9 Å². The van der Waals surface area contributed by atoms with Crippen LogP contribution in [0.15, 0.2) is 16.6 Å². The molecule has 0 spiro atoms. The number of unbranched alkanes of at least 4 members (excludes halogenated alkanes) is 1. The Bertz CT molecular complexity index is 1110. The first kappa shape index (κ1) is 39.4. The normalized spacial score (nSPS) is 14.4. The summed E-state index contributed by atoms with van der Waals surface area (Å²) in [6, 6.07) is -3.90. The van der Waals surface area contributed by atoms with Gasteiger partial charge in [-0.05, 0) is 57.4 Å². The van der Waals surface area contributed by atoms with Gasteiger partial charge in [0.25, 0.3) is 0 Å². The molecule has 4 amide bonds. The van der Waals surface area contributed by atoms with E-state index in [-0.39, 0.29) is 48.5 Å². The van der Waals surface area contributed by atoms with Crippen LogP contribution in [-0.2, 0) is 19.2 Å². The van der Waals surface area contributed by atoms with Crippen LogP contribution < -0.4 is 44.2 Å². The summed E-state index contributed by atoms with van der Waals surface area (Å²) in [7, 11) is 0. The van der Waals surface area contributed by atoms with Crippen molar-refractivity contribution in [2.75, 3.05) is 13.1 Å². The molecular weight excluding hydrogens is 604 g/mol. The maximum atomic E-state index is 13.5. The number of hydrogen-bond donors (Lipinski definition) is 9. The molecule has 1 aromatic heterocycles. The van der Waals surface area contributed by atoms with Crippen molar-refractivity contribution in [1.82, 2.24) is 26.3 Å². The van der Waals surface area contributed by atoms with Crippen molar-refractivity contribution in [2.45, 2.75) is 103 Å². The van der Waals surface area contributed by atoms with E-state index in [2.05, 4.69) is 31.2 Å². The van der Waals surface area contributed by atoms with E-state index in [0.717, 1.165) is 11.3 Å². The fourth-order valence-corrected chi connectivity index (χ4v) is 5.13. The van der Waals surface area contributed by atoms with Gasteiger partial charge in [-0.2, -0.15) is 0 Å². The van der Waals surface area contributed by atoms with Crippen LogP contribution in [0, 0.1) is 5.92 Å². The summed E-state index contributed by atoms with van der Waals surface area (Å²) in [4.78, 5) is 71.2. The number of amides is 4. The number of carbonyl (C=O) groups is 5. The third kappa shape index (κ3) is 16.3. The molecule has 0 bridgehead atoms. The predicted molar refractivity (Wildman–Crippen MR) is 172 cm³/mol. The number of guanidine groups is 1. The van der Waals surface area contributed by atoms with Gasteiger partial charge >= 0.3 is 0 Å². The van der Waals surface area contributed by atoms with Crippen LogP contribution in [-0.4, -0.2) is 88.9 Å². The standard InChI is InChI=1S/C28H50N10O6S/c1-16(2)15-21(26(44)36-18(8-6-12-34-28(31)32)23(41)27-33-13-14-45-27)38-25(43)20(9-10-22(30)40)37-24(42)19(35-17(3)39)7-4-5-11-29/h13-14,16,18-21,26,36,44H,4-12,15,29H2,1-3H3,(H2,30,40)(H,35,39)(H,37,42)(H,38,43)(H4,31,32,34)/t18-,19-,20-,21-,26?/m0/s1. The Labute approximate surface area is 267 Å². The van der Waals surface area contributed by atoms with Crippen LogP contribution in [0.3, 0.4) is 0 Å². The Morgan fingerprint density at radius 2 is 1.58 bits per heavy atom. The number of ketones is 1. The number of nitrogens with zero attached hydrogens (tertiary/aromatic N) is 2. The minimum Gasteiger partial charge on any atom is -0.376 e. The third-order valence-electron chi connectivity index (χ3n) is 6.66. The summed E-state index contributed by atoms with van der Waals surface area (Å²) in [6.45, 7) is 5.74. The molecule has 0 aliphatic rings. The van der Waals surface area contributed by atoms with E-state index in [0.29, 0.717) is 38.6 Å². The fourth-order valence-electron chi connectivity index (χ4n) is 4.50. The van der Waals surface area contributed by atoms with Crippen LogP contribution in [0.4, 0.5) is 0 Å². The Kier molecular flexibility index (Phi) is 18.5. The number of aliphatic hydroxyl groups excluding tert-OH is 1. The highest BCUT2D eigenvalue weighted by Crippen LogP contribution is 2.15. The lowest BCUT2D eigenvalue weighted by Gasteiger charge is -2.31. The number of thiazole rings is 1. The lowest BCUT2D eigenvalue weighted by molar-refractivity contribution is -0.133. The Hall–Kier alpha value is -3.67. The molecule has 16 nitrogen and oxygen atoms in total. The van der Waals surface area contributed by atoms with Gasteiger partial charge in [0.05, 0.1) is 12.1 Å². The number of aliphatic imine (C=N–C) groups is 1. The predicted octanol–water partition coefficient (Wildman–Crippen LogP) is -1.43. The van der Waals surface area contributed by atoms with E-state index < -0.39 is 54.0 Å². The van der Waals surface area contributed by atoms with E-state index in [9.17, 15) is 29.1 Å². The topological polar surface area (TPSA) is 283 Å². The van der Waals surface area contributed by atoms with Gasteiger partial charge in [0.2, 0.25) is 29.4 Å². The van der Waals surface area contributed by atoms with Crippen LogP contribution >= 0.6 is 11.3 Å². The molecule has 0 aliphatic heterocycles. The average molecular weight is 655 g/mol. The summed E-state index contributed by atoms with van der Waals surface area (Å²) in [5.41, 5.74) is 21.7. The van der Waals surface area contributed by atoms with Crippen molar-refractivity contribution < 1.29 is 29.1 Å². The second kappa shape index (κ2) is 21.1. The first-order valence-electron chi connectivity index (χ1n) is 15.0. The number of Topliss-reactive ketones (excluding diaryl/α,β-unsaturated/α-hetero) is 1. The fraction of sp³-hybridized carbons (Fsp3) is 0.679. The zero-order valence-corrected chi connectivity index (χ0v) is 27.1. The molecule has 45 heavy (non-hydrogen) atoms. The van der Waals surface area contributed by atoms with Gasteiger partial charge in [0.1, 0.15) is 18.3 Å². The minimum atomic E-state index is -1.38. The molecule has 1 rings (SSSR count). The summed E-state index contributed by atoms with van der Waals surface area (Å²) in [5.74, 6) is -2.79. The number of aliphatic hydroxyl groups is 1. The first-order valence-corrected chi connectivity index (χ1v) is 15.9. The molecule has 1 unspecified atom stereocenters. The molecule has 1 aromatic rings. The smallest absolute Gasteiger partial charge is 0.243 e. The van der Waals surface area contributed by atoms with Crippen LogP contribution in [0.2, 0.25) is 0 Å². The van der Waals surface area contributed by atoms with Crippen molar-refractivity contribution in [3.63, 3.8) is 0 Å². The molecule has 0 fully saturated rings. The van der Waals surface area contributed by atoms with E-state index >= 15 is 0 Å². The van der Waals surface area contributed by atoms with E-state index in [1.165, 1.54) is 13.1 Å². The minimum absolute atomic E-state index is 0.00656. The molecular formula is C28H50N10O6S. The van der Waals surface area contributed by atoms with Gasteiger partial charge < -0.3 is 44.0 Å². The molecule has 13 N–H and O–H groups in total. The zero-order chi connectivity index (χ0) is 33.9. The molecule has 17 heteroatoms. The van der Waals surface area contributed by atoms with Gasteiger partial charge in [-0.25, -0.2) is 4.98 Å². The van der Waals surface area contributed by atoms with Gasteiger partial charge in [-0.3, -0.25) is 34.3 Å². The maximum Gasteiger partial charge on any atom is 0.243 e. The number of primary amides is 1. The van der Waals surface area contributed by atoms with E-state index in [1.54, 1.807) is 5.38 Å². The number of rotatable bonds is 23. The molecule has 254 valence electrons. The first-order chi connectivity index (χ1) is 21.2. The van der Waals surface area contributed by atoms with Crippen LogP contribution in [0.5, 0.6) is 0 Å². The highest BCUT2D eigenvalue weighted by molar-refractivity contribution is 7.11. The van der Waals surface area contributed by atoms with Crippen LogP contribution in [0.25, 0.3) is 0 Å². The molecule has 0 saturated carbocycles. The number of hydrogen-bond acceptors (Lipinski definition) is 11. The van der Waals surface area contributed by atoms with Crippen molar-refractivity contribution in [2.24, 2.45) is 33.8 Å². The molecule has 0 radical (unpaired) electrons. The Balaban J connectivity index is 3.16. The second-order valence-electron chi connectivity index (χ2n) is 11.2. The third-order valence-corrected chi connectivity index (χ3v) is 7.45. The van der Waals surface area contributed by atoms with E-state index in [4.69, 9.17) is 22.9 Å². The van der Waals surface area contributed by atoms with Crippen molar-refractivity contribution >= 4 is 46.7 Å². The maximum absolute atomic E-state index is 13.5. The molecule has 1 heterocycles. The quantitative estimate of drug-likeness (QED) is 0.0217. The molecule has 0 saturated heterocycles. The second-order valence-corrected chi connectivity index (χ2v) is 12.1. The molecule has 0 aliphatic carbocycles. The number of nitrogens with two attached hydrogens (primary N) is 4. The summed E-state index contributed by atoms with van der Waals surface area (Å²) < 4.78 is 0. The summed E-state index contributed by atoms with van der Waals surface area (Å²) >= 11 is 1.16. The largest absolute Gasteiger partial charge is 0.376 e.